The molecular weight excluding hydrogens is 348 g/mol. The molecule has 0 spiro atoms. The zero-order valence-electron chi connectivity index (χ0n) is 17.1. The van der Waals surface area contributed by atoms with Gasteiger partial charge in [-0.1, -0.05) is 54.1 Å². The standard InChI is InChI=1S/C24H32N2O2/c1-20-12-14-26(15-13-20)17-22-8-10-24(11-9-22)28-19-23(27)18-25(2)16-21-6-4-3-5-7-21/h3-12,23,27H,13-19H2,1-2H3/t23-/m0/s1. The molecule has 0 aromatic heterocycles. The summed E-state index contributed by atoms with van der Waals surface area (Å²) in [6.07, 6.45) is 2.96. The average Bonchev–Trinajstić information content (AvgIpc) is 2.70. The van der Waals surface area contributed by atoms with E-state index in [1.165, 1.54) is 16.7 Å². The Hall–Kier alpha value is -2.14. The van der Waals surface area contributed by atoms with Crippen molar-refractivity contribution in [1.29, 1.82) is 0 Å². The van der Waals surface area contributed by atoms with E-state index in [4.69, 9.17) is 4.74 Å². The maximum absolute atomic E-state index is 10.3. The van der Waals surface area contributed by atoms with Gasteiger partial charge in [-0.05, 0) is 43.7 Å². The number of hydrogen-bond donors (Lipinski definition) is 1. The van der Waals surface area contributed by atoms with E-state index in [9.17, 15) is 5.11 Å². The summed E-state index contributed by atoms with van der Waals surface area (Å²) < 4.78 is 5.78. The third-order valence-electron chi connectivity index (χ3n) is 5.11. The lowest BCUT2D eigenvalue weighted by molar-refractivity contribution is 0.0744. The number of aliphatic hydroxyl groups is 1. The van der Waals surface area contributed by atoms with Gasteiger partial charge >= 0.3 is 0 Å². The third kappa shape index (κ3) is 6.79. The minimum absolute atomic E-state index is 0.300. The SMILES string of the molecule is CC1=CCN(Cc2ccc(OC[C@@H](O)CN(C)Cc3ccccc3)cc2)CC1. The molecule has 0 bridgehead atoms. The molecule has 1 aliphatic rings. The van der Waals surface area contributed by atoms with Crippen molar-refractivity contribution in [1.82, 2.24) is 9.80 Å². The van der Waals surface area contributed by atoms with Crippen molar-refractivity contribution in [3.8, 4) is 5.75 Å². The number of aliphatic hydroxyl groups excluding tert-OH is 1. The maximum atomic E-state index is 10.3. The van der Waals surface area contributed by atoms with E-state index in [-0.39, 0.29) is 0 Å². The molecular formula is C24H32N2O2. The summed E-state index contributed by atoms with van der Waals surface area (Å²) in [6, 6.07) is 18.5. The molecule has 0 amide bonds. The predicted octanol–water partition coefficient (Wildman–Crippen LogP) is 3.71. The highest BCUT2D eigenvalue weighted by Gasteiger charge is 2.11. The Balaban J connectivity index is 1.39. The second-order valence-corrected chi connectivity index (χ2v) is 7.83. The van der Waals surface area contributed by atoms with Crippen LogP contribution in [0.3, 0.4) is 0 Å². The van der Waals surface area contributed by atoms with Crippen LogP contribution in [0.1, 0.15) is 24.5 Å². The smallest absolute Gasteiger partial charge is 0.119 e. The van der Waals surface area contributed by atoms with E-state index in [1.54, 1.807) is 0 Å². The Kier molecular flexibility index (Phi) is 7.66. The van der Waals surface area contributed by atoms with Gasteiger partial charge in [0, 0.05) is 32.7 Å². The van der Waals surface area contributed by atoms with Crippen molar-refractivity contribution in [2.75, 3.05) is 33.3 Å². The molecule has 0 unspecified atom stereocenters. The van der Waals surface area contributed by atoms with Gasteiger partial charge in [0.2, 0.25) is 0 Å². The molecule has 1 aliphatic heterocycles. The third-order valence-corrected chi connectivity index (χ3v) is 5.11. The van der Waals surface area contributed by atoms with Gasteiger partial charge in [-0.15, -0.1) is 0 Å². The first-order valence-corrected chi connectivity index (χ1v) is 10.1. The largest absolute Gasteiger partial charge is 0.491 e. The minimum Gasteiger partial charge on any atom is -0.491 e. The van der Waals surface area contributed by atoms with Crippen molar-refractivity contribution in [3.63, 3.8) is 0 Å². The number of likely N-dealkylation sites (N-methyl/N-ethyl adjacent to an activating group) is 1. The van der Waals surface area contributed by atoms with Gasteiger partial charge in [-0.25, -0.2) is 0 Å². The van der Waals surface area contributed by atoms with Crippen molar-refractivity contribution in [3.05, 3.63) is 77.4 Å². The number of ether oxygens (including phenoxy) is 1. The quantitative estimate of drug-likeness (QED) is 0.673. The van der Waals surface area contributed by atoms with Gasteiger partial charge in [-0.3, -0.25) is 9.80 Å². The molecule has 1 atom stereocenters. The number of rotatable bonds is 9. The summed E-state index contributed by atoms with van der Waals surface area (Å²) in [7, 11) is 2.02. The van der Waals surface area contributed by atoms with Crippen LogP contribution in [0, 0.1) is 0 Å². The van der Waals surface area contributed by atoms with E-state index < -0.39 is 6.10 Å². The number of nitrogens with zero attached hydrogens (tertiary/aromatic N) is 2. The molecule has 1 N–H and O–H groups in total. The van der Waals surface area contributed by atoms with Gasteiger partial charge < -0.3 is 9.84 Å². The van der Waals surface area contributed by atoms with Crippen LogP contribution in [0.4, 0.5) is 0 Å². The van der Waals surface area contributed by atoms with Gasteiger partial charge in [0.1, 0.15) is 18.5 Å². The fourth-order valence-corrected chi connectivity index (χ4v) is 3.47. The lowest BCUT2D eigenvalue weighted by Gasteiger charge is -2.25. The Morgan fingerprint density at radius 1 is 1.07 bits per heavy atom. The highest BCUT2D eigenvalue weighted by molar-refractivity contribution is 5.27. The van der Waals surface area contributed by atoms with Crippen molar-refractivity contribution < 1.29 is 9.84 Å². The van der Waals surface area contributed by atoms with E-state index in [0.29, 0.717) is 13.2 Å². The summed E-state index contributed by atoms with van der Waals surface area (Å²) in [5.41, 5.74) is 4.03. The highest BCUT2D eigenvalue weighted by atomic mass is 16.5. The Morgan fingerprint density at radius 3 is 2.50 bits per heavy atom. The summed E-state index contributed by atoms with van der Waals surface area (Å²) in [6.45, 7) is 7.03. The number of hydrogen-bond acceptors (Lipinski definition) is 4. The number of benzene rings is 2. The molecule has 28 heavy (non-hydrogen) atoms. The molecule has 3 rings (SSSR count). The Labute approximate surface area is 169 Å². The second-order valence-electron chi connectivity index (χ2n) is 7.83. The summed E-state index contributed by atoms with van der Waals surface area (Å²) >= 11 is 0. The van der Waals surface area contributed by atoms with Crippen LogP contribution < -0.4 is 4.74 Å². The highest BCUT2D eigenvalue weighted by Crippen LogP contribution is 2.17. The molecule has 0 fully saturated rings. The minimum atomic E-state index is -0.517. The molecule has 0 aliphatic carbocycles. The zero-order chi connectivity index (χ0) is 19.8. The van der Waals surface area contributed by atoms with Crippen LogP contribution in [0.2, 0.25) is 0 Å². The van der Waals surface area contributed by atoms with E-state index >= 15 is 0 Å². The normalized spacial score (nSPS) is 16.1. The van der Waals surface area contributed by atoms with Crippen LogP contribution in [0.15, 0.2) is 66.2 Å². The van der Waals surface area contributed by atoms with Crippen molar-refractivity contribution in [2.24, 2.45) is 0 Å². The van der Waals surface area contributed by atoms with Gasteiger partial charge in [0.05, 0.1) is 0 Å². The monoisotopic (exact) mass is 380 g/mol. The predicted molar refractivity (Wildman–Crippen MR) is 114 cm³/mol. The fraction of sp³-hybridized carbons (Fsp3) is 0.417. The summed E-state index contributed by atoms with van der Waals surface area (Å²) in [5, 5.41) is 10.3. The van der Waals surface area contributed by atoms with Gasteiger partial charge in [0.25, 0.3) is 0 Å². The van der Waals surface area contributed by atoms with Crippen LogP contribution in [0.5, 0.6) is 5.75 Å². The van der Waals surface area contributed by atoms with Gasteiger partial charge in [-0.2, -0.15) is 0 Å². The van der Waals surface area contributed by atoms with Gasteiger partial charge in [0.15, 0.2) is 0 Å². The fourth-order valence-electron chi connectivity index (χ4n) is 3.47. The first kappa shape index (κ1) is 20.6. The topological polar surface area (TPSA) is 35.9 Å². The molecule has 4 heteroatoms. The molecule has 1 heterocycles. The van der Waals surface area contributed by atoms with Crippen molar-refractivity contribution in [2.45, 2.75) is 32.5 Å². The molecule has 0 saturated heterocycles. The average molecular weight is 381 g/mol. The Bertz CT molecular complexity index is 743. The molecule has 4 nitrogen and oxygen atoms in total. The van der Waals surface area contributed by atoms with Crippen LogP contribution in [-0.2, 0) is 13.1 Å². The summed E-state index contributed by atoms with van der Waals surface area (Å²) in [4.78, 5) is 4.57. The second kappa shape index (κ2) is 10.4. The zero-order valence-corrected chi connectivity index (χ0v) is 17.1. The maximum Gasteiger partial charge on any atom is 0.119 e. The molecule has 150 valence electrons. The van der Waals surface area contributed by atoms with E-state index in [0.717, 1.165) is 38.3 Å². The lowest BCUT2D eigenvalue weighted by Crippen LogP contribution is -2.32. The summed E-state index contributed by atoms with van der Waals surface area (Å²) in [5.74, 6) is 0.808. The van der Waals surface area contributed by atoms with Crippen LogP contribution in [-0.4, -0.2) is 54.3 Å². The lowest BCUT2D eigenvalue weighted by atomic mass is 10.1. The first-order chi connectivity index (χ1) is 13.6. The Morgan fingerprint density at radius 2 is 1.82 bits per heavy atom. The molecule has 2 aromatic rings. The van der Waals surface area contributed by atoms with Crippen LogP contribution >= 0.6 is 0 Å². The van der Waals surface area contributed by atoms with Crippen molar-refractivity contribution >= 4 is 0 Å². The van der Waals surface area contributed by atoms with Crippen LogP contribution in [0.25, 0.3) is 0 Å². The van der Waals surface area contributed by atoms with E-state index in [2.05, 4.69) is 47.1 Å². The molecule has 0 saturated carbocycles. The van der Waals surface area contributed by atoms with E-state index in [1.807, 2.05) is 37.4 Å². The molecule has 0 radical (unpaired) electrons. The first-order valence-electron chi connectivity index (χ1n) is 10.1. The molecule has 2 aromatic carbocycles.